The van der Waals surface area contributed by atoms with Crippen LogP contribution in [0.15, 0.2) is 22.7 Å². The van der Waals surface area contributed by atoms with Crippen molar-refractivity contribution < 1.29 is 9.53 Å². The van der Waals surface area contributed by atoms with Crippen LogP contribution < -0.4 is 15.8 Å². The van der Waals surface area contributed by atoms with Gasteiger partial charge in [0.05, 0.1) is 12.8 Å². The highest BCUT2D eigenvalue weighted by Gasteiger charge is 2.15. The molecule has 1 amide bonds. The smallest absolute Gasteiger partial charge is 0.224 e. The number of carbonyl (C=O) groups excluding carboxylic acids is 1. The molecular weight excluding hydrogens is 320 g/mol. The molecule has 0 aromatic heterocycles. The third-order valence-electron chi connectivity index (χ3n) is 3.06. The second-order valence-electron chi connectivity index (χ2n) is 5.33. The second-order valence-corrected chi connectivity index (χ2v) is 6.18. The molecule has 1 aromatic carbocycles. The quantitative estimate of drug-likeness (QED) is 0.797. The molecule has 1 unspecified atom stereocenters. The number of halogens is 1. The molecular formula is C15H23BrN2O2. The van der Waals surface area contributed by atoms with E-state index in [1.54, 1.807) is 13.2 Å². The van der Waals surface area contributed by atoms with Crippen LogP contribution in [0.2, 0.25) is 0 Å². The summed E-state index contributed by atoms with van der Waals surface area (Å²) in [5.41, 5.74) is 6.45. The molecule has 1 aromatic rings. The number of hydrogen-bond acceptors (Lipinski definition) is 3. The Balaban J connectivity index is 2.65. The zero-order chi connectivity index (χ0) is 15.1. The van der Waals surface area contributed by atoms with Crippen molar-refractivity contribution in [3.63, 3.8) is 0 Å². The first-order valence-electron chi connectivity index (χ1n) is 6.79. The van der Waals surface area contributed by atoms with Crippen molar-refractivity contribution >= 4 is 27.5 Å². The minimum Gasteiger partial charge on any atom is -0.497 e. The molecule has 1 atom stereocenters. The third-order valence-corrected chi connectivity index (χ3v) is 3.75. The molecule has 0 spiro atoms. The molecule has 0 radical (unpaired) electrons. The Bertz CT molecular complexity index is 449. The first-order valence-corrected chi connectivity index (χ1v) is 7.59. The number of nitrogens with one attached hydrogen (secondary N) is 1. The topological polar surface area (TPSA) is 64.3 Å². The summed E-state index contributed by atoms with van der Waals surface area (Å²) in [5, 5.41) is 2.90. The Labute approximate surface area is 129 Å². The van der Waals surface area contributed by atoms with Crippen molar-refractivity contribution in [1.29, 1.82) is 0 Å². The second kappa shape index (κ2) is 8.27. The lowest BCUT2D eigenvalue weighted by atomic mass is 9.94. The van der Waals surface area contributed by atoms with Crippen LogP contribution in [0, 0.1) is 11.8 Å². The maximum absolute atomic E-state index is 12.1. The zero-order valence-electron chi connectivity index (χ0n) is 12.3. The Kier molecular flexibility index (Phi) is 7.02. The highest BCUT2D eigenvalue weighted by atomic mass is 79.9. The molecule has 1 rings (SSSR count). The van der Waals surface area contributed by atoms with E-state index in [4.69, 9.17) is 10.5 Å². The van der Waals surface area contributed by atoms with Gasteiger partial charge in [-0.25, -0.2) is 0 Å². The predicted molar refractivity (Wildman–Crippen MR) is 85.9 cm³/mol. The van der Waals surface area contributed by atoms with E-state index >= 15 is 0 Å². The van der Waals surface area contributed by atoms with Crippen LogP contribution in [0.1, 0.15) is 26.7 Å². The lowest BCUT2D eigenvalue weighted by Crippen LogP contribution is -2.23. The summed E-state index contributed by atoms with van der Waals surface area (Å²) in [6, 6.07) is 5.48. The summed E-state index contributed by atoms with van der Waals surface area (Å²) in [5.74, 6) is 1.45. The maximum Gasteiger partial charge on any atom is 0.224 e. The van der Waals surface area contributed by atoms with Crippen molar-refractivity contribution in [1.82, 2.24) is 0 Å². The van der Waals surface area contributed by atoms with Crippen molar-refractivity contribution in [3.05, 3.63) is 22.7 Å². The Morgan fingerprint density at radius 2 is 2.15 bits per heavy atom. The molecule has 0 fully saturated rings. The number of hydrogen-bond donors (Lipinski definition) is 2. The Hall–Kier alpha value is -1.07. The van der Waals surface area contributed by atoms with Gasteiger partial charge in [-0.15, -0.1) is 0 Å². The highest BCUT2D eigenvalue weighted by Crippen LogP contribution is 2.27. The van der Waals surface area contributed by atoms with Gasteiger partial charge in [0.1, 0.15) is 5.75 Å². The number of ether oxygens (including phenoxy) is 1. The third kappa shape index (κ3) is 5.51. The summed E-state index contributed by atoms with van der Waals surface area (Å²) < 4.78 is 5.99. The SMILES string of the molecule is COc1ccc(Br)c(NC(=O)CC(CN)CC(C)C)c1. The predicted octanol–water partition coefficient (Wildman–Crippen LogP) is 3.41. The van der Waals surface area contributed by atoms with Crippen LogP contribution in [0.3, 0.4) is 0 Å². The van der Waals surface area contributed by atoms with E-state index in [1.807, 2.05) is 12.1 Å². The Morgan fingerprint density at radius 1 is 1.45 bits per heavy atom. The zero-order valence-corrected chi connectivity index (χ0v) is 13.9. The molecule has 0 aliphatic rings. The van der Waals surface area contributed by atoms with E-state index in [0.29, 0.717) is 24.6 Å². The fraction of sp³-hybridized carbons (Fsp3) is 0.533. The van der Waals surface area contributed by atoms with Crippen LogP contribution in [0.4, 0.5) is 5.69 Å². The largest absolute Gasteiger partial charge is 0.497 e. The normalized spacial score (nSPS) is 12.3. The summed E-state index contributed by atoms with van der Waals surface area (Å²) in [4.78, 5) is 12.1. The number of anilines is 1. The van der Waals surface area contributed by atoms with E-state index in [1.165, 1.54) is 0 Å². The van der Waals surface area contributed by atoms with Gasteiger partial charge in [-0.2, -0.15) is 0 Å². The van der Waals surface area contributed by atoms with Crippen molar-refractivity contribution in [2.75, 3.05) is 19.0 Å². The van der Waals surface area contributed by atoms with Gasteiger partial charge in [-0.05, 0) is 52.9 Å². The molecule has 4 nitrogen and oxygen atoms in total. The minimum atomic E-state index is -0.0185. The van der Waals surface area contributed by atoms with Crippen molar-refractivity contribution in [2.45, 2.75) is 26.7 Å². The van der Waals surface area contributed by atoms with Gasteiger partial charge >= 0.3 is 0 Å². The number of methoxy groups -OCH3 is 1. The van der Waals surface area contributed by atoms with Gasteiger partial charge < -0.3 is 15.8 Å². The lowest BCUT2D eigenvalue weighted by molar-refractivity contribution is -0.117. The summed E-state index contributed by atoms with van der Waals surface area (Å²) in [6.07, 6.45) is 1.40. The number of amides is 1. The van der Waals surface area contributed by atoms with Gasteiger partial charge in [-0.1, -0.05) is 13.8 Å². The van der Waals surface area contributed by atoms with Crippen LogP contribution in [0.25, 0.3) is 0 Å². The molecule has 112 valence electrons. The fourth-order valence-electron chi connectivity index (χ4n) is 2.12. The molecule has 0 aliphatic heterocycles. The van der Waals surface area contributed by atoms with Crippen molar-refractivity contribution in [2.24, 2.45) is 17.6 Å². The summed E-state index contributed by atoms with van der Waals surface area (Å²) in [6.45, 7) is 4.81. The van der Waals surface area contributed by atoms with E-state index in [-0.39, 0.29) is 11.8 Å². The number of nitrogens with two attached hydrogens (primary N) is 1. The minimum absolute atomic E-state index is 0.0185. The van der Waals surface area contributed by atoms with Crippen molar-refractivity contribution in [3.8, 4) is 5.75 Å². The van der Waals surface area contributed by atoms with Crippen LogP contribution in [-0.4, -0.2) is 19.6 Å². The first kappa shape index (κ1) is 17.0. The number of rotatable bonds is 7. The van der Waals surface area contributed by atoms with Crippen LogP contribution >= 0.6 is 15.9 Å². The standard InChI is InChI=1S/C15H23BrN2O2/c1-10(2)6-11(9-17)7-15(19)18-14-8-12(20-3)4-5-13(14)16/h4-5,8,10-11H,6-7,9,17H2,1-3H3,(H,18,19). The van der Waals surface area contributed by atoms with E-state index in [0.717, 1.165) is 16.6 Å². The van der Waals surface area contributed by atoms with E-state index < -0.39 is 0 Å². The molecule has 0 saturated carbocycles. The first-order chi connectivity index (χ1) is 9.46. The molecule has 0 aliphatic carbocycles. The fourth-order valence-corrected chi connectivity index (χ4v) is 2.47. The van der Waals surface area contributed by atoms with Crippen LogP contribution in [-0.2, 0) is 4.79 Å². The summed E-state index contributed by atoms with van der Waals surface area (Å²) >= 11 is 3.42. The molecule has 0 heterocycles. The van der Waals surface area contributed by atoms with E-state index in [9.17, 15) is 4.79 Å². The van der Waals surface area contributed by atoms with Gasteiger partial charge in [0, 0.05) is 17.0 Å². The maximum atomic E-state index is 12.1. The number of benzene rings is 1. The summed E-state index contributed by atoms with van der Waals surface area (Å²) in [7, 11) is 1.60. The highest BCUT2D eigenvalue weighted by molar-refractivity contribution is 9.10. The molecule has 0 saturated heterocycles. The van der Waals surface area contributed by atoms with Gasteiger partial charge in [-0.3, -0.25) is 4.79 Å². The molecule has 0 bridgehead atoms. The lowest BCUT2D eigenvalue weighted by Gasteiger charge is -2.17. The monoisotopic (exact) mass is 342 g/mol. The molecule has 5 heteroatoms. The van der Waals surface area contributed by atoms with Gasteiger partial charge in [0.2, 0.25) is 5.91 Å². The Morgan fingerprint density at radius 3 is 2.70 bits per heavy atom. The average molecular weight is 343 g/mol. The average Bonchev–Trinajstić information content (AvgIpc) is 2.40. The molecule has 20 heavy (non-hydrogen) atoms. The molecule has 3 N–H and O–H groups in total. The number of carbonyl (C=O) groups is 1. The van der Waals surface area contributed by atoms with Gasteiger partial charge in [0.15, 0.2) is 0 Å². The van der Waals surface area contributed by atoms with Crippen LogP contribution in [0.5, 0.6) is 5.75 Å². The van der Waals surface area contributed by atoms with Gasteiger partial charge in [0.25, 0.3) is 0 Å². The van der Waals surface area contributed by atoms with E-state index in [2.05, 4.69) is 35.1 Å².